The Morgan fingerprint density at radius 2 is 1.92 bits per heavy atom. The number of ether oxygens (including phenoxy) is 1. The summed E-state index contributed by atoms with van der Waals surface area (Å²) >= 11 is 0. The summed E-state index contributed by atoms with van der Waals surface area (Å²) in [6.07, 6.45) is 0. The molecule has 0 fully saturated rings. The van der Waals surface area contributed by atoms with Crippen LogP contribution in [0.3, 0.4) is 0 Å². The first kappa shape index (κ1) is 8.91. The van der Waals surface area contributed by atoms with E-state index in [1.165, 1.54) is 5.56 Å². The smallest absolute Gasteiger partial charge is 0.142 e. The van der Waals surface area contributed by atoms with Gasteiger partial charge in [0.2, 0.25) is 0 Å². The van der Waals surface area contributed by atoms with Crippen molar-refractivity contribution >= 4 is 5.69 Å². The molecule has 0 radical (unpaired) electrons. The molecular formula is C10H15NO. The van der Waals surface area contributed by atoms with Crippen molar-refractivity contribution in [2.24, 2.45) is 0 Å². The second-order valence-electron chi connectivity index (χ2n) is 3.07. The Kier molecular flexibility index (Phi) is 2.58. The summed E-state index contributed by atoms with van der Waals surface area (Å²) in [6.45, 7) is 2.06. The second-order valence-corrected chi connectivity index (χ2v) is 3.07. The number of benzene rings is 1. The van der Waals surface area contributed by atoms with Crippen molar-refractivity contribution in [3.8, 4) is 5.75 Å². The van der Waals surface area contributed by atoms with Crippen molar-refractivity contribution in [3.63, 3.8) is 0 Å². The number of aryl methyl sites for hydroxylation is 1. The lowest BCUT2D eigenvalue weighted by atomic mass is 10.2. The van der Waals surface area contributed by atoms with Crippen LogP contribution in [0.15, 0.2) is 18.2 Å². The molecule has 0 aliphatic heterocycles. The lowest BCUT2D eigenvalue weighted by Crippen LogP contribution is -2.09. The van der Waals surface area contributed by atoms with Gasteiger partial charge in [-0.15, -0.1) is 0 Å². The van der Waals surface area contributed by atoms with E-state index in [1.54, 1.807) is 7.11 Å². The van der Waals surface area contributed by atoms with Gasteiger partial charge in [-0.3, -0.25) is 0 Å². The molecule has 0 saturated heterocycles. The second kappa shape index (κ2) is 3.48. The largest absolute Gasteiger partial charge is 0.495 e. The third-order valence-electron chi connectivity index (χ3n) is 1.82. The van der Waals surface area contributed by atoms with Crippen LogP contribution in [-0.4, -0.2) is 21.2 Å². The summed E-state index contributed by atoms with van der Waals surface area (Å²) in [5.74, 6) is 0.931. The van der Waals surface area contributed by atoms with Crippen LogP contribution in [0.1, 0.15) is 5.56 Å². The van der Waals surface area contributed by atoms with Gasteiger partial charge in [-0.1, -0.05) is 6.07 Å². The van der Waals surface area contributed by atoms with Crippen LogP contribution in [0.5, 0.6) is 5.75 Å². The molecule has 1 rings (SSSR count). The minimum absolute atomic E-state index is 0.931. The maximum Gasteiger partial charge on any atom is 0.142 e. The van der Waals surface area contributed by atoms with Crippen LogP contribution >= 0.6 is 0 Å². The molecule has 2 nitrogen and oxygen atoms in total. The van der Waals surface area contributed by atoms with Gasteiger partial charge in [0.25, 0.3) is 0 Å². The van der Waals surface area contributed by atoms with Crippen molar-refractivity contribution in [3.05, 3.63) is 23.8 Å². The van der Waals surface area contributed by atoms with Crippen molar-refractivity contribution in [1.82, 2.24) is 0 Å². The van der Waals surface area contributed by atoms with Gasteiger partial charge in [0.1, 0.15) is 5.75 Å². The lowest BCUT2D eigenvalue weighted by Gasteiger charge is -2.16. The quantitative estimate of drug-likeness (QED) is 0.665. The summed E-state index contributed by atoms with van der Waals surface area (Å²) in [7, 11) is 5.71. The number of hydrogen-bond donors (Lipinski definition) is 0. The van der Waals surface area contributed by atoms with Crippen molar-refractivity contribution in [2.45, 2.75) is 6.92 Å². The third kappa shape index (κ3) is 1.70. The van der Waals surface area contributed by atoms with E-state index in [9.17, 15) is 0 Å². The minimum atomic E-state index is 0.931. The Balaban J connectivity index is 3.11. The van der Waals surface area contributed by atoms with Crippen LogP contribution in [0.2, 0.25) is 0 Å². The normalized spacial score (nSPS) is 9.67. The maximum absolute atomic E-state index is 5.25. The Bertz CT molecular complexity index is 269. The van der Waals surface area contributed by atoms with Gasteiger partial charge in [0.15, 0.2) is 0 Å². The van der Waals surface area contributed by atoms with E-state index in [0.29, 0.717) is 0 Å². The monoisotopic (exact) mass is 165 g/mol. The van der Waals surface area contributed by atoms with Crippen LogP contribution in [0.4, 0.5) is 5.69 Å². The van der Waals surface area contributed by atoms with Gasteiger partial charge in [-0.2, -0.15) is 0 Å². The summed E-state index contributed by atoms with van der Waals surface area (Å²) in [5, 5.41) is 0. The van der Waals surface area contributed by atoms with Crippen LogP contribution in [0, 0.1) is 6.92 Å². The van der Waals surface area contributed by atoms with Crippen molar-refractivity contribution in [2.75, 3.05) is 26.1 Å². The first-order valence-electron chi connectivity index (χ1n) is 3.97. The molecule has 1 aromatic carbocycles. The van der Waals surface area contributed by atoms with Gasteiger partial charge in [0.05, 0.1) is 12.8 Å². The van der Waals surface area contributed by atoms with Crippen LogP contribution < -0.4 is 9.64 Å². The number of hydrogen-bond acceptors (Lipinski definition) is 2. The lowest BCUT2D eigenvalue weighted by molar-refractivity contribution is 0.415. The molecule has 0 saturated carbocycles. The summed E-state index contributed by atoms with van der Waals surface area (Å²) in [4.78, 5) is 2.04. The fourth-order valence-corrected chi connectivity index (χ4v) is 1.15. The fraction of sp³-hybridized carbons (Fsp3) is 0.400. The van der Waals surface area contributed by atoms with E-state index in [-0.39, 0.29) is 0 Å². The standard InChI is InChI=1S/C10H15NO/c1-8-5-6-9(11(2)3)10(7-8)12-4/h5-7H,1-4H3. The predicted octanol–water partition coefficient (Wildman–Crippen LogP) is 2.07. The molecule has 0 spiro atoms. The molecule has 0 atom stereocenters. The Morgan fingerprint density at radius 3 is 2.42 bits per heavy atom. The van der Waals surface area contributed by atoms with E-state index in [4.69, 9.17) is 4.74 Å². The highest BCUT2D eigenvalue weighted by molar-refractivity contribution is 5.58. The van der Waals surface area contributed by atoms with Crippen LogP contribution in [-0.2, 0) is 0 Å². The number of nitrogens with zero attached hydrogens (tertiary/aromatic N) is 1. The fourth-order valence-electron chi connectivity index (χ4n) is 1.15. The van der Waals surface area contributed by atoms with Gasteiger partial charge < -0.3 is 9.64 Å². The molecule has 0 bridgehead atoms. The topological polar surface area (TPSA) is 12.5 Å². The van der Waals surface area contributed by atoms with E-state index in [1.807, 2.05) is 25.1 Å². The van der Waals surface area contributed by atoms with Gasteiger partial charge in [0, 0.05) is 14.1 Å². The summed E-state index contributed by atoms with van der Waals surface area (Å²) < 4.78 is 5.25. The molecule has 0 N–H and O–H groups in total. The number of rotatable bonds is 2. The Morgan fingerprint density at radius 1 is 1.25 bits per heavy atom. The first-order chi connectivity index (χ1) is 5.65. The molecule has 0 amide bonds. The summed E-state index contributed by atoms with van der Waals surface area (Å²) in [6, 6.07) is 6.18. The predicted molar refractivity (Wildman–Crippen MR) is 52.1 cm³/mol. The molecular weight excluding hydrogens is 150 g/mol. The Hall–Kier alpha value is -1.18. The molecule has 2 heteroatoms. The minimum Gasteiger partial charge on any atom is -0.495 e. The molecule has 1 aromatic rings. The first-order valence-corrected chi connectivity index (χ1v) is 3.97. The van der Waals surface area contributed by atoms with E-state index < -0.39 is 0 Å². The molecule has 0 aromatic heterocycles. The van der Waals surface area contributed by atoms with Gasteiger partial charge in [-0.05, 0) is 24.6 Å². The zero-order chi connectivity index (χ0) is 9.14. The van der Waals surface area contributed by atoms with E-state index in [0.717, 1.165) is 11.4 Å². The zero-order valence-electron chi connectivity index (χ0n) is 8.09. The highest BCUT2D eigenvalue weighted by atomic mass is 16.5. The van der Waals surface area contributed by atoms with Gasteiger partial charge in [-0.25, -0.2) is 0 Å². The van der Waals surface area contributed by atoms with E-state index in [2.05, 4.69) is 19.1 Å². The molecule has 66 valence electrons. The highest BCUT2D eigenvalue weighted by Gasteiger charge is 2.03. The SMILES string of the molecule is COc1cc(C)ccc1N(C)C. The summed E-state index contributed by atoms with van der Waals surface area (Å²) in [5.41, 5.74) is 2.33. The average molecular weight is 165 g/mol. The van der Waals surface area contributed by atoms with Crippen molar-refractivity contribution < 1.29 is 4.74 Å². The number of anilines is 1. The molecule has 0 heterocycles. The Labute approximate surface area is 73.8 Å². The third-order valence-corrected chi connectivity index (χ3v) is 1.82. The van der Waals surface area contributed by atoms with E-state index >= 15 is 0 Å². The van der Waals surface area contributed by atoms with Crippen LogP contribution in [0.25, 0.3) is 0 Å². The van der Waals surface area contributed by atoms with Crippen molar-refractivity contribution in [1.29, 1.82) is 0 Å². The van der Waals surface area contributed by atoms with Gasteiger partial charge >= 0.3 is 0 Å². The average Bonchev–Trinajstić information content (AvgIpc) is 2.03. The molecule has 0 aliphatic rings. The maximum atomic E-state index is 5.25. The zero-order valence-corrected chi connectivity index (χ0v) is 8.09. The molecule has 12 heavy (non-hydrogen) atoms. The molecule has 0 unspecified atom stereocenters. The highest BCUT2D eigenvalue weighted by Crippen LogP contribution is 2.26. The molecule has 0 aliphatic carbocycles. The number of methoxy groups -OCH3 is 1.